The van der Waals surface area contributed by atoms with Crippen LogP contribution in [-0.4, -0.2) is 34.2 Å². The summed E-state index contributed by atoms with van der Waals surface area (Å²) in [4.78, 5) is 6.71. The molecule has 4 nitrogen and oxygen atoms in total. The Morgan fingerprint density at radius 2 is 1.38 bits per heavy atom. The molecule has 4 aromatic rings. The molecule has 0 saturated carbocycles. The first-order chi connectivity index (χ1) is 15.8. The van der Waals surface area contributed by atoms with Crippen LogP contribution in [0.1, 0.15) is 28.8 Å². The Balaban J connectivity index is 1.71. The van der Waals surface area contributed by atoms with Gasteiger partial charge in [0.05, 0.1) is 11.6 Å². The lowest BCUT2D eigenvalue weighted by Gasteiger charge is -2.48. The van der Waals surface area contributed by atoms with Crippen LogP contribution in [0.5, 0.6) is 0 Å². The summed E-state index contributed by atoms with van der Waals surface area (Å²) in [5.74, 6) is 0. The molecule has 0 amide bonds. The number of hydrogen-bond acceptors (Lipinski definition) is 4. The summed E-state index contributed by atoms with van der Waals surface area (Å²) in [5.41, 5.74) is 4.79. The molecule has 4 heteroatoms. The SMILES string of the molecule is OC1CCN(C(c2ccccc2)(c2ccccc2)c2ccccc2)C/C1=C\c1cocn1. The zero-order valence-corrected chi connectivity index (χ0v) is 17.8. The lowest BCUT2D eigenvalue weighted by molar-refractivity contribution is 0.0872. The van der Waals surface area contributed by atoms with E-state index in [1.54, 1.807) is 6.26 Å². The summed E-state index contributed by atoms with van der Waals surface area (Å²) in [6.45, 7) is 1.38. The summed E-state index contributed by atoms with van der Waals surface area (Å²) in [6.07, 6.45) is 5.13. The molecular weight excluding hydrogens is 396 g/mol. The largest absolute Gasteiger partial charge is 0.451 e. The summed E-state index contributed by atoms with van der Waals surface area (Å²) >= 11 is 0. The molecule has 1 aliphatic rings. The molecule has 0 aliphatic carbocycles. The van der Waals surface area contributed by atoms with Crippen molar-refractivity contribution in [2.75, 3.05) is 13.1 Å². The second-order valence-electron chi connectivity index (χ2n) is 8.17. The van der Waals surface area contributed by atoms with Gasteiger partial charge in [-0.05, 0) is 34.8 Å². The maximum Gasteiger partial charge on any atom is 0.181 e. The van der Waals surface area contributed by atoms with Crippen molar-refractivity contribution >= 4 is 6.08 Å². The van der Waals surface area contributed by atoms with Crippen LogP contribution in [0.2, 0.25) is 0 Å². The van der Waals surface area contributed by atoms with E-state index in [2.05, 4.69) is 101 Å². The molecule has 32 heavy (non-hydrogen) atoms. The number of likely N-dealkylation sites (tertiary alicyclic amines) is 1. The number of aliphatic hydroxyl groups excluding tert-OH is 1. The Bertz CT molecular complexity index is 1060. The van der Waals surface area contributed by atoms with Crippen molar-refractivity contribution in [3.63, 3.8) is 0 Å². The van der Waals surface area contributed by atoms with Crippen molar-refractivity contribution in [2.24, 2.45) is 0 Å². The number of hydrogen-bond donors (Lipinski definition) is 1. The highest BCUT2D eigenvalue weighted by Gasteiger charge is 2.44. The van der Waals surface area contributed by atoms with Crippen molar-refractivity contribution in [3.05, 3.63) is 132 Å². The Kier molecular flexibility index (Phi) is 5.71. The van der Waals surface area contributed by atoms with Crippen LogP contribution in [0.25, 0.3) is 6.08 Å². The van der Waals surface area contributed by atoms with Crippen LogP contribution in [-0.2, 0) is 5.54 Å². The predicted octanol–water partition coefficient (Wildman–Crippen LogP) is 5.12. The van der Waals surface area contributed by atoms with Crippen LogP contribution >= 0.6 is 0 Å². The molecule has 3 aromatic carbocycles. The van der Waals surface area contributed by atoms with Gasteiger partial charge in [0, 0.05) is 13.1 Å². The van der Waals surface area contributed by atoms with E-state index >= 15 is 0 Å². The molecule has 0 radical (unpaired) electrons. The molecule has 160 valence electrons. The molecule has 1 aromatic heterocycles. The summed E-state index contributed by atoms with van der Waals surface area (Å²) in [7, 11) is 0. The lowest BCUT2D eigenvalue weighted by Crippen LogP contribution is -2.52. The lowest BCUT2D eigenvalue weighted by atomic mass is 9.74. The van der Waals surface area contributed by atoms with Gasteiger partial charge in [-0.15, -0.1) is 0 Å². The number of rotatable bonds is 5. The third-order valence-electron chi connectivity index (χ3n) is 6.31. The first-order valence-corrected chi connectivity index (χ1v) is 11.0. The second kappa shape index (κ2) is 8.95. The van der Waals surface area contributed by atoms with Crippen molar-refractivity contribution in [2.45, 2.75) is 18.1 Å². The Morgan fingerprint density at radius 1 is 0.844 bits per heavy atom. The number of aromatic nitrogens is 1. The Morgan fingerprint density at radius 3 is 1.84 bits per heavy atom. The minimum absolute atomic E-state index is 0.493. The molecule has 1 N–H and O–H groups in total. The molecule has 1 atom stereocenters. The van der Waals surface area contributed by atoms with E-state index in [-0.39, 0.29) is 0 Å². The standard InChI is InChI=1S/C28H26N2O2/c31-27-16-17-30(19-22(27)18-26-20-32-21-29-26)28(23-10-4-1-5-11-23,24-12-6-2-7-13-24)25-14-8-3-9-15-25/h1-15,18,20-21,27,31H,16-17,19H2/b22-18+. The van der Waals surface area contributed by atoms with Crippen LogP contribution in [0, 0.1) is 0 Å². The third-order valence-corrected chi connectivity index (χ3v) is 6.31. The Hall–Kier alpha value is -3.47. The smallest absolute Gasteiger partial charge is 0.181 e. The van der Waals surface area contributed by atoms with Gasteiger partial charge >= 0.3 is 0 Å². The van der Waals surface area contributed by atoms with Gasteiger partial charge in [0.1, 0.15) is 12.0 Å². The third kappa shape index (κ3) is 3.68. The molecule has 0 spiro atoms. The van der Waals surface area contributed by atoms with Gasteiger partial charge in [0.25, 0.3) is 0 Å². The highest BCUT2D eigenvalue weighted by atomic mass is 16.3. The van der Waals surface area contributed by atoms with Crippen LogP contribution in [0.15, 0.2) is 114 Å². The molecule has 0 bridgehead atoms. The second-order valence-corrected chi connectivity index (χ2v) is 8.17. The average Bonchev–Trinajstić information content (AvgIpc) is 3.37. The molecule has 5 rings (SSSR count). The van der Waals surface area contributed by atoms with Gasteiger partial charge in [-0.25, -0.2) is 4.98 Å². The van der Waals surface area contributed by atoms with Gasteiger partial charge in [0.2, 0.25) is 0 Å². The van der Waals surface area contributed by atoms with E-state index in [1.807, 2.05) is 6.08 Å². The van der Waals surface area contributed by atoms with Gasteiger partial charge in [-0.2, -0.15) is 0 Å². The number of nitrogens with zero attached hydrogens (tertiary/aromatic N) is 2. The van der Waals surface area contributed by atoms with Gasteiger partial charge < -0.3 is 9.52 Å². The number of oxazole rings is 1. The van der Waals surface area contributed by atoms with E-state index in [0.29, 0.717) is 13.0 Å². The van der Waals surface area contributed by atoms with Crippen LogP contribution in [0.4, 0.5) is 0 Å². The maximum atomic E-state index is 10.8. The van der Waals surface area contributed by atoms with Crippen molar-refractivity contribution in [3.8, 4) is 0 Å². The van der Waals surface area contributed by atoms with E-state index in [9.17, 15) is 5.11 Å². The predicted molar refractivity (Wildman–Crippen MR) is 126 cm³/mol. The number of aliphatic hydroxyl groups is 1. The zero-order valence-electron chi connectivity index (χ0n) is 17.8. The van der Waals surface area contributed by atoms with Crippen molar-refractivity contribution in [1.82, 2.24) is 9.88 Å². The minimum Gasteiger partial charge on any atom is -0.451 e. The molecule has 1 fully saturated rings. The monoisotopic (exact) mass is 422 g/mol. The summed E-state index contributed by atoms with van der Waals surface area (Å²) < 4.78 is 5.14. The number of benzene rings is 3. The topological polar surface area (TPSA) is 49.5 Å². The molecule has 1 saturated heterocycles. The van der Waals surface area contributed by atoms with Crippen LogP contribution < -0.4 is 0 Å². The molecular formula is C28H26N2O2. The van der Waals surface area contributed by atoms with E-state index in [4.69, 9.17) is 4.42 Å². The fraction of sp³-hybridized carbons (Fsp3) is 0.179. The van der Waals surface area contributed by atoms with E-state index < -0.39 is 11.6 Å². The van der Waals surface area contributed by atoms with Gasteiger partial charge in [-0.3, -0.25) is 4.90 Å². The average molecular weight is 423 g/mol. The fourth-order valence-electron chi connectivity index (χ4n) is 4.87. The fourth-order valence-corrected chi connectivity index (χ4v) is 4.87. The quantitative estimate of drug-likeness (QED) is 0.454. The number of piperidine rings is 1. The highest BCUT2D eigenvalue weighted by Crippen LogP contribution is 2.44. The summed E-state index contributed by atoms with van der Waals surface area (Å²) in [6, 6.07) is 32.0. The maximum absolute atomic E-state index is 10.8. The van der Waals surface area contributed by atoms with Gasteiger partial charge in [-0.1, -0.05) is 91.0 Å². The van der Waals surface area contributed by atoms with E-state index in [0.717, 1.165) is 17.8 Å². The molecule has 2 heterocycles. The summed E-state index contributed by atoms with van der Waals surface area (Å²) in [5, 5.41) is 10.8. The van der Waals surface area contributed by atoms with Crippen molar-refractivity contribution in [1.29, 1.82) is 0 Å². The van der Waals surface area contributed by atoms with Crippen molar-refractivity contribution < 1.29 is 9.52 Å². The molecule has 1 aliphatic heterocycles. The first-order valence-electron chi connectivity index (χ1n) is 11.0. The molecule has 1 unspecified atom stereocenters. The Labute approximate surface area is 188 Å². The zero-order chi connectivity index (χ0) is 21.8. The van der Waals surface area contributed by atoms with E-state index in [1.165, 1.54) is 23.1 Å². The first kappa shape index (κ1) is 20.4. The normalized spacial score (nSPS) is 18.7. The highest BCUT2D eigenvalue weighted by molar-refractivity contribution is 5.53. The van der Waals surface area contributed by atoms with Gasteiger partial charge in [0.15, 0.2) is 6.39 Å². The minimum atomic E-state index is -0.497. The van der Waals surface area contributed by atoms with Crippen LogP contribution in [0.3, 0.4) is 0 Å².